The smallest absolute Gasteiger partial charge is 0.306 e. The van der Waals surface area contributed by atoms with Crippen LogP contribution in [0.3, 0.4) is 0 Å². The number of hydrogen-bond acceptors (Lipinski definition) is 3. The van der Waals surface area contributed by atoms with Crippen molar-refractivity contribution in [1.29, 1.82) is 0 Å². The second-order valence-corrected chi connectivity index (χ2v) is 6.33. The van der Waals surface area contributed by atoms with Crippen LogP contribution >= 0.6 is 0 Å². The molecule has 20 heavy (non-hydrogen) atoms. The molecule has 114 valence electrons. The van der Waals surface area contributed by atoms with Crippen molar-refractivity contribution in [2.75, 3.05) is 13.1 Å². The number of nitrogens with two attached hydrogens (primary N) is 1. The topological polar surface area (TPSA) is 92.4 Å². The Balaban J connectivity index is 1.70. The molecule has 2 fully saturated rings. The summed E-state index contributed by atoms with van der Waals surface area (Å²) in [6.45, 7) is 1.29. The first kappa shape index (κ1) is 15.3. The highest BCUT2D eigenvalue weighted by molar-refractivity contribution is 5.79. The predicted molar refractivity (Wildman–Crippen MR) is 76.0 cm³/mol. The average Bonchev–Trinajstić information content (AvgIpc) is 2.93. The first-order chi connectivity index (χ1) is 9.61. The maximum absolute atomic E-state index is 12.2. The number of carbonyl (C=O) groups is 2. The van der Waals surface area contributed by atoms with E-state index in [4.69, 9.17) is 10.8 Å². The second kappa shape index (κ2) is 7.07. The summed E-state index contributed by atoms with van der Waals surface area (Å²) in [5, 5.41) is 12.0. The van der Waals surface area contributed by atoms with Gasteiger partial charge in [-0.2, -0.15) is 0 Å². The summed E-state index contributed by atoms with van der Waals surface area (Å²) in [5.41, 5.74) is 5.71. The van der Waals surface area contributed by atoms with Crippen LogP contribution in [0.25, 0.3) is 0 Å². The number of rotatable bonds is 5. The van der Waals surface area contributed by atoms with Gasteiger partial charge < -0.3 is 16.2 Å². The zero-order valence-electron chi connectivity index (χ0n) is 12.0. The number of amides is 1. The molecular weight excluding hydrogens is 256 g/mol. The van der Waals surface area contributed by atoms with Gasteiger partial charge in [-0.3, -0.25) is 9.59 Å². The van der Waals surface area contributed by atoms with E-state index < -0.39 is 5.97 Å². The fourth-order valence-electron chi connectivity index (χ4n) is 3.65. The van der Waals surface area contributed by atoms with Gasteiger partial charge in [0, 0.05) is 12.5 Å². The van der Waals surface area contributed by atoms with E-state index in [1.807, 2.05) is 0 Å². The van der Waals surface area contributed by atoms with Crippen LogP contribution in [-0.2, 0) is 9.59 Å². The number of carboxylic acid groups (broad SMARTS) is 1. The van der Waals surface area contributed by atoms with E-state index >= 15 is 0 Å². The van der Waals surface area contributed by atoms with Crippen molar-refractivity contribution in [3.05, 3.63) is 0 Å². The summed E-state index contributed by atoms with van der Waals surface area (Å²) in [5.74, 6) is 0.168. The predicted octanol–water partition coefficient (Wildman–Crippen LogP) is 1.37. The summed E-state index contributed by atoms with van der Waals surface area (Å²) in [6, 6.07) is 0. The molecule has 2 rings (SSSR count). The van der Waals surface area contributed by atoms with Gasteiger partial charge in [-0.1, -0.05) is 6.42 Å². The minimum absolute atomic E-state index is 0.0929. The number of hydrogen-bond donors (Lipinski definition) is 3. The monoisotopic (exact) mass is 282 g/mol. The van der Waals surface area contributed by atoms with E-state index in [1.54, 1.807) is 0 Å². The maximum Gasteiger partial charge on any atom is 0.306 e. The SMILES string of the molecule is NCC1CCCC1C(=O)NCC1CCC(C(=O)O)CC1. The normalized spacial score (nSPS) is 33.9. The summed E-state index contributed by atoms with van der Waals surface area (Å²) < 4.78 is 0. The van der Waals surface area contributed by atoms with Crippen LogP contribution in [0.15, 0.2) is 0 Å². The summed E-state index contributed by atoms with van der Waals surface area (Å²) >= 11 is 0. The molecule has 0 saturated heterocycles. The third-order valence-corrected chi connectivity index (χ3v) is 5.06. The molecule has 5 heteroatoms. The Morgan fingerprint density at radius 3 is 2.40 bits per heavy atom. The number of aliphatic carboxylic acids is 1. The van der Waals surface area contributed by atoms with Crippen LogP contribution in [0, 0.1) is 23.7 Å². The Morgan fingerprint density at radius 1 is 1.10 bits per heavy atom. The Labute approximate surface area is 120 Å². The molecular formula is C15H26N2O3. The average molecular weight is 282 g/mol. The fourth-order valence-corrected chi connectivity index (χ4v) is 3.65. The number of carboxylic acids is 1. The molecule has 2 aliphatic carbocycles. The van der Waals surface area contributed by atoms with Crippen molar-refractivity contribution in [1.82, 2.24) is 5.32 Å². The highest BCUT2D eigenvalue weighted by Gasteiger charge is 2.32. The molecule has 0 aromatic carbocycles. The lowest BCUT2D eigenvalue weighted by atomic mass is 9.82. The summed E-state index contributed by atoms with van der Waals surface area (Å²) in [4.78, 5) is 23.1. The van der Waals surface area contributed by atoms with Gasteiger partial charge >= 0.3 is 5.97 Å². The molecule has 5 nitrogen and oxygen atoms in total. The van der Waals surface area contributed by atoms with Gasteiger partial charge in [0.15, 0.2) is 0 Å². The molecule has 1 amide bonds. The molecule has 0 aromatic rings. The Hall–Kier alpha value is -1.10. The largest absolute Gasteiger partial charge is 0.481 e. The van der Waals surface area contributed by atoms with Crippen molar-refractivity contribution in [3.8, 4) is 0 Å². The molecule has 0 aliphatic heterocycles. The van der Waals surface area contributed by atoms with Crippen molar-refractivity contribution < 1.29 is 14.7 Å². The fraction of sp³-hybridized carbons (Fsp3) is 0.867. The molecule has 0 aromatic heterocycles. The highest BCUT2D eigenvalue weighted by Crippen LogP contribution is 2.32. The first-order valence-corrected chi connectivity index (χ1v) is 7.82. The Morgan fingerprint density at radius 2 is 1.80 bits per heavy atom. The van der Waals surface area contributed by atoms with E-state index in [-0.39, 0.29) is 17.7 Å². The van der Waals surface area contributed by atoms with Gasteiger partial charge in [-0.15, -0.1) is 0 Å². The van der Waals surface area contributed by atoms with E-state index in [0.29, 0.717) is 24.9 Å². The zero-order chi connectivity index (χ0) is 14.5. The third-order valence-electron chi connectivity index (χ3n) is 5.06. The van der Waals surface area contributed by atoms with Crippen LogP contribution in [0.2, 0.25) is 0 Å². The van der Waals surface area contributed by atoms with Crippen molar-refractivity contribution >= 4 is 11.9 Å². The highest BCUT2D eigenvalue weighted by atomic mass is 16.4. The van der Waals surface area contributed by atoms with E-state index in [2.05, 4.69) is 5.32 Å². The van der Waals surface area contributed by atoms with Crippen LogP contribution in [0.1, 0.15) is 44.9 Å². The van der Waals surface area contributed by atoms with E-state index in [0.717, 1.165) is 44.9 Å². The second-order valence-electron chi connectivity index (χ2n) is 6.33. The van der Waals surface area contributed by atoms with Crippen LogP contribution in [0.5, 0.6) is 0 Å². The van der Waals surface area contributed by atoms with Crippen LogP contribution in [0.4, 0.5) is 0 Å². The lowest BCUT2D eigenvalue weighted by molar-refractivity contribution is -0.143. The van der Waals surface area contributed by atoms with Crippen LogP contribution in [-0.4, -0.2) is 30.1 Å². The lowest BCUT2D eigenvalue weighted by Gasteiger charge is -2.27. The molecule has 4 N–H and O–H groups in total. The molecule has 0 spiro atoms. The number of nitrogens with one attached hydrogen (secondary N) is 1. The van der Waals surface area contributed by atoms with Gasteiger partial charge in [0.25, 0.3) is 0 Å². The quantitative estimate of drug-likeness (QED) is 0.710. The van der Waals surface area contributed by atoms with Crippen molar-refractivity contribution in [3.63, 3.8) is 0 Å². The Bertz CT molecular complexity index is 351. The van der Waals surface area contributed by atoms with Gasteiger partial charge in [0.05, 0.1) is 5.92 Å². The van der Waals surface area contributed by atoms with Gasteiger partial charge in [0.1, 0.15) is 0 Å². The molecule has 0 heterocycles. The Kier molecular flexibility index (Phi) is 5.40. The van der Waals surface area contributed by atoms with Gasteiger partial charge in [-0.05, 0) is 56.9 Å². The minimum atomic E-state index is -0.677. The molecule has 2 saturated carbocycles. The zero-order valence-corrected chi connectivity index (χ0v) is 12.0. The van der Waals surface area contributed by atoms with E-state index in [1.165, 1.54) is 0 Å². The summed E-state index contributed by atoms with van der Waals surface area (Å²) in [6.07, 6.45) is 6.42. The minimum Gasteiger partial charge on any atom is -0.481 e. The summed E-state index contributed by atoms with van der Waals surface area (Å²) in [7, 11) is 0. The third kappa shape index (κ3) is 3.72. The van der Waals surface area contributed by atoms with Gasteiger partial charge in [-0.25, -0.2) is 0 Å². The molecule has 2 atom stereocenters. The molecule has 2 aliphatic rings. The molecule has 2 unspecified atom stereocenters. The molecule has 0 bridgehead atoms. The number of carbonyl (C=O) groups excluding carboxylic acids is 1. The van der Waals surface area contributed by atoms with Crippen molar-refractivity contribution in [2.45, 2.75) is 44.9 Å². The first-order valence-electron chi connectivity index (χ1n) is 7.82. The standard InChI is InChI=1S/C15H26N2O3/c16-8-12-2-1-3-13(12)14(18)17-9-10-4-6-11(7-5-10)15(19)20/h10-13H,1-9,16H2,(H,17,18)(H,19,20). The molecule has 0 radical (unpaired) electrons. The van der Waals surface area contributed by atoms with Crippen LogP contribution < -0.4 is 11.1 Å². The maximum atomic E-state index is 12.2. The lowest BCUT2D eigenvalue weighted by Crippen LogP contribution is -2.38. The van der Waals surface area contributed by atoms with Crippen molar-refractivity contribution in [2.24, 2.45) is 29.4 Å². The van der Waals surface area contributed by atoms with Gasteiger partial charge in [0.2, 0.25) is 5.91 Å². The van der Waals surface area contributed by atoms with E-state index in [9.17, 15) is 9.59 Å².